The monoisotopic (exact) mass is 510 g/mol. The van der Waals surface area contributed by atoms with Crippen molar-refractivity contribution in [2.24, 2.45) is 5.41 Å². The van der Waals surface area contributed by atoms with Gasteiger partial charge in [-0.3, -0.25) is 14.6 Å². The Morgan fingerprint density at radius 2 is 1.78 bits per heavy atom. The van der Waals surface area contributed by atoms with Crippen LogP contribution in [0.3, 0.4) is 0 Å². The molecule has 2 heterocycles. The number of aromatic nitrogens is 4. The Labute approximate surface area is 215 Å². The Hall–Kier alpha value is -3.24. The number of anilines is 1. The predicted molar refractivity (Wildman–Crippen MR) is 141 cm³/mol. The molecule has 2 amide bonds. The van der Waals surface area contributed by atoms with Gasteiger partial charge in [0.2, 0.25) is 0 Å². The molecule has 1 aromatic carbocycles. The molecule has 3 aromatic rings. The quantitative estimate of drug-likeness (QED) is 0.482. The summed E-state index contributed by atoms with van der Waals surface area (Å²) < 4.78 is 13.7. The zero-order chi connectivity index (χ0) is 26.8. The third-order valence-corrected chi connectivity index (χ3v) is 6.36. The first-order valence-corrected chi connectivity index (χ1v) is 13.2. The molecule has 0 aliphatic rings. The van der Waals surface area contributed by atoms with Gasteiger partial charge in [-0.25, -0.2) is 4.68 Å². The average molecular weight is 511 g/mol. The lowest BCUT2D eigenvalue weighted by molar-refractivity contribution is 0.0933. The Bertz CT molecular complexity index is 1270. The van der Waals surface area contributed by atoms with Gasteiger partial charge in [0.25, 0.3) is 11.8 Å². The molecule has 0 aliphatic carbocycles. The van der Waals surface area contributed by atoms with E-state index >= 15 is 0 Å². The van der Waals surface area contributed by atoms with Crippen LogP contribution in [0.25, 0.3) is 5.69 Å². The molecule has 1 atom stereocenters. The van der Waals surface area contributed by atoms with E-state index in [1.807, 2.05) is 48.5 Å². The summed E-state index contributed by atoms with van der Waals surface area (Å²) in [7, 11) is 0. The van der Waals surface area contributed by atoms with Crippen molar-refractivity contribution < 1.29 is 14.1 Å². The number of pyridine rings is 1. The summed E-state index contributed by atoms with van der Waals surface area (Å²) in [6.07, 6.45) is 4.64. The summed E-state index contributed by atoms with van der Waals surface area (Å²) in [5.74, 6) is -0.674. The molecule has 192 valence electrons. The van der Waals surface area contributed by atoms with Gasteiger partial charge in [0.15, 0.2) is 10.6 Å². The van der Waals surface area contributed by atoms with Gasteiger partial charge < -0.3 is 15.2 Å². The van der Waals surface area contributed by atoms with Crippen molar-refractivity contribution in [3.8, 4) is 5.69 Å². The van der Waals surface area contributed by atoms with Gasteiger partial charge in [-0.2, -0.15) is 0 Å². The lowest BCUT2D eigenvalue weighted by Gasteiger charge is -2.20. The van der Waals surface area contributed by atoms with Crippen LogP contribution in [0.2, 0.25) is 0 Å². The fraction of sp³-hybridized carbons (Fsp3) is 0.423. The molecule has 0 bridgehead atoms. The molecular weight excluding hydrogens is 476 g/mol. The number of hydrogen-bond acceptors (Lipinski definition) is 6. The Balaban J connectivity index is 1.87. The Morgan fingerprint density at radius 3 is 2.39 bits per heavy atom. The molecule has 0 saturated heterocycles. The van der Waals surface area contributed by atoms with Crippen molar-refractivity contribution in [3.63, 3.8) is 0 Å². The van der Waals surface area contributed by atoms with Gasteiger partial charge in [-0.05, 0) is 47.3 Å². The lowest BCUT2D eigenvalue weighted by atomic mass is 9.91. The first-order chi connectivity index (χ1) is 16.7. The highest BCUT2D eigenvalue weighted by Crippen LogP contribution is 2.28. The number of rotatable bonds is 6. The van der Waals surface area contributed by atoms with Crippen molar-refractivity contribution in [1.82, 2.24) is 25.3 Å². The molecule has 0 fully saturated rings. The molecule has 0 saturated carbocycles. The Morgan fingerprint density at radius 1 is 1.08 bits per heavy atom. The SMILES string of the molecule is Cc1ccc(C(=O)Nc2cc(C(C)(C)C)ncc2[S+](C)[O-])cc1-n1cc(C(=O)NCC(C)(C)C)nn1. The van der Waals surface area contributed by atoms with Crippen molar-refractivity contribution in [1.29, 1.82) is 0 Å². The van der Waals surface area contributed by atoms with Crippen molar-refractivity contribution in [2.45, 2.75) is 58.8 Å². The second kappa shape index (κ2) is 10.4. The van der Waals surface area contributed by atoms with E-state index in [4.69, 9.17) is 0 Å². The number of benzene rings is 1. The van der Waals surface area contributed by atoms with Crippen LogP contribution in [0.1, 0.15) is 73.6 Å². The van der Waals surface area contributed by atoms with Gasteiger partial charge in [-0.1, -0.05) is 52.8 Å². The number of nitrogens with zero attached hydrogens (tertiary/aromatic N) is 4. The minimum absolute atomic E-state index is 0.0589. The van der Waals surface area contributed by atoms with Gasteiger partial charge in [-0.15, -0.1) is 5.10 Å². The van der Waals surface area contributed by atoms with Crippen LogP contribution in [-0.2, 0) is 16.6 Å². The van der Waals surface area contributed by atoms with Gasteiger partial charge in [0.05, 0.1) is 18.1 Å². The van der Waals surface area contributed by atoms with E-state index in [1.165, 1.54) is 4.68 Å². The van der Waals surface area contributed by atoms with Gasteiger partial charge in [0, 0.05) is 23.2 Å². The number of nitrogens with one attached hydrogen (secondary N) is 2. The molecule has 3 rings (SSSR count). The van der Waals surface area contributed by atoms with Gasteiger partial charge in [0.1, 0.15) is 11.9 Å². The number of carbonyl (C=O) groups excluding carboxylic acids is 2. The highest BCUT2D eigenvalue weighted by molar-refractivity contribution is 7.90. The summed E-state index contributed by atoms with van der Waals surface area (Å²) in [4.78, 5) is 30.5. The van der Waals surface area contributed by atoms with Gasteiger partial charge >= 0.3 is 0 Å². The highest BCUT2D eigenvalue weighted by Gasteiger charge is 2.23. The third-order valence-electron chi connectivity index (χ3n) is 5.42. The second-order valence-corrected chi connectivity index (χ2v) is 12.4. The van der Waals surface area contributed by atoms with E-state index in [-0.39, 0.29) is 28.3 Å². The molecule has 9 nitrogen and oxygen atoms in total. The average Bonchev–Trinajstić information content (AvgIpc) is 3.26. The van der Waals surface area contributed by atoms with Crippen LogP contribution in [-0.4, -0.2) is 49.1 Å². The summed E-state index contributed by atoms with van der Waals surface area (Å²) in [6.45, 7) is 14.5. The van der Waals surface area contributed by atoms with Crippen LogP contribution in [0.15, 0.2) is 41.6 Å². The summed E-state index contributed by atoms with van der Waals surface area (Å²) >= 11 is -1.33. The smallest absolute Gasteiger partial charge is 0.273 e. The van der Waals surface area contributed by atoms with Crippen LogP contribution >= 0.6 is 0 Å². The number of aryl methyl sites for hydroxylation is 1. The normalized spacial score (nSPS) is 12.8. The predicted octanol–water partition coefficient (Wildman–Crippen LogP) is 4.03. The largest absolute Gasteiger partial charge is 0.612 e. The fourth-order valence-corrected chi connectivity index (χ4v) is 3.91. The molecule has 0 spiro atoms. The van der Waals surface area contributed by atoms with Crippen molar-refractivity contribution >= 4 is 28.7 Å². The van der Waals surface area contributed by atoms with E-state index in [0.29, 0.717) is 28.4 Å². The maximum absolute atomic E-state index is 13.2. The first-order valence-electron chi connectivity index (χ1n) is 11.6. The zero-order valence-corrected chi connectivity index (χ0v) is 22.9. The van der Waals surface area contributed by atoms with Crippen LogP contribution in [0.4, 0.5) is 5.69 Å². The standard InChI is InChI=1S/C26H34N6O3S/c1-16-9-10-17(11-20(16)32-14-19(30-31-32)24(34)28-15-25(2,3)4)23(33)29-18-12-22(26(5,6)7)27-13-21(18)36(8)35/h9-14H,15H2,1-8H3,(H,28,34)(H,27,29,33). The molecular formula is C26H34N6O3S. The van der Waals surface area contributed by atoms with E-state index in [2.05, 4.69) is 25.9 Å². The van der Waals surface area contributed by atoms with E-state index in [0.717, 1.165) is 11.3 Å². The summed E-state index contributed by atoms with van der Waals surface area (Å²) in [5.41, 5.74) is 2.98. The first kappa shape index (κ1) is 27.3. The third kappa shape index (κ3) is 6.70. The summed E-state index contributed by atoms with van der Waals surface area (Å²) in [6, 6.07) is 6.96. The maximum atomic E-state index is 13.2. The molecule has 10 heteroatoms. The van der Waals surface area contributed by atoms with E-state index < -0.39 is 11.2 Å². The van der Waals surface area contributed by atoms with Crippen LogP contribution in [0, 0.1) is 12.3 Å². The van der Waals surface area contributed by atoms with E-state index in [1.54, 1.807) is 42.9 Å². The Kier molecular flexibility index (Phi) is 7.90. The van der Waals surface area contributed by atoms with Crippen molar-refractivity contribution in [3.05, 3.63) is 59.2 Å². The number of hydrogen-bond donors (Lipinski definition) is 2. The van der Waals surface area contributed by atoms with Crippen LogP contribution in [0.5, 0.6) is 0 Å². The minimum atomic E-state index is -1.33. The van der Waals surface area contributed by atoms with E-state index in [9.17, 15) is 14.1 Å². The second-order valence-electron chi connectivity index (χ2n) is 11.0. The molecule has 36 heavy (non-hydrogen) atoms. The molecule has 2 aromatic heterocycles. The minimum Gasteiger partial charge on any atom is -0.612 e. The molecule has 0 radical (unpaired) electrons. The molecule has 0 aliphatic heterocycles. The fourth-order valence-electron chi connectivity index (χ4n) is 3.29. The zero-order valence-electron chi connectivity index (χ0n) is 22.1. The number of carbonyl (C=O) groups is 2. The van der Waals surface area contributed by atoms with Crippen LogP contribution < -0.4 is 10.6 Å². The highest BCUT2D eigenvalue weighted by atomic mass is 32.2. The topological polar surface area (TPSA) is 125 Å². The molecule has 2 N–H and O–H groups in total. The lowest BCUT2D eigenvalue weighted by Crippen LogP contribution is -2.32. The number of amides is 2. The summed E-state index contributed by atoms with van der Waals surface area (Å²) in [5, 5.41) is 13.8. The van der Waals surface area contributed by atoms with Crippen molar-refractivity contribution in [2.75, 3.05) is 18.1 Å². The maximum Gasteiger partial charge on any atom is 0.273 e. The molecule has 1 unspecified atom stereocenters.